The summed E-state index contributed by atoms with van der Waals surface area (Å²) in [5.41, 5.74) is 2.28. The monoisotopic (exact) mass is 224 g/mol. The summed E-state index contributed by atoms with van der Waals surface area (Å²) in [5.74, 6) is 0.791. The van der Waals surface area contributed by atoms with E-state index in [1.165, 1.54) is 12.0 Å². The maximum Gasteiger partial charge on any atom is 0.119 e. The van der Waals surface area contributed by atoms with E-state index in [4.69, 9.17) is 4.74 Å². The molecule has 1 aromatic carbocycles. The van der Waals surface area contributed by atoms with Crippen molar-refractivity contribution in [2.75, 3.05) is 13.8 Å². The first-order valence-corrected chi connectivity index (χ1v) is 5.95. The van der Waals surface area contributed by atoms with Crippen molar-refractivity contribution >= 4 is 0 Å². The van der Waals surface area contributed by atoms with E-state index in [-0.39, 0.29) is 12.6 Å². The van der Waals surface area contributed by atoms with Gasteiger partial charge in [-0.2, -0.15) is 0 Å². The third kappa shape index (κ3) is 3.51. The number of alkyl halides is 1. The van der Waals surface area contributed by atoms with Crippen LogP contribution >= 0.6 is 0 Å². The molecule has 0 amide bonds. The molecule has 0 heterocycles. The van der Waals surface area contributed by atoms with Gasteiger partial charge in [0, 0.05) is 5.92 Å². The summed E-state index contributed by atoms with van der Waals surface area (Å²) >= 11 is 0. The molecule has 0 aliphatic rings. The molecule has 90 valence electrons. The Morgan fingerprint density at radius 3 is 2.62 bits per heavy atom. The lowest BCUT2D eigenvalue weighted by Crippen LogP contribution is -1.98. The molecule has 0 aromatic heterocycles. The van der Waals surface area contributed by atoms with E-state index in [0.29, 0.717) is 0 Å². The lowest BCUT2D eigenvalue weighted by atomic mass is 9.97. The van der Waals surface area contributed by atoms with Crippen LogP contribution in [0.5, 0.6) is 5.75 Å². The largest absolute Gasteiger partial charge is 0.497 e. The SMILES string of the molecule is CCCCc1cc(OC)cc(C(C)CF)c1. The molecule has 0 bridgehead atoms. The summed E-state index contributed by atoms with van der Waals surface area (Å²) < 4.78 is 17.9. The highest BCUT2D eigenvalue weighted by Crippen LogP contribution is 2.24. The van der Waals surface area contributed by atoms with Crippen LogP contribution in [-0.4, -0.2) is 13.8 Å². The number of benzene rings is 1. The number of hydrogen-bond acceptors (Lipinski definition) is 1. The van der Waals surface area contributed by atoms with Crippen LogP contribution in [0.1, 0.15) is 43.7 Å². The van der Waals surface area contributed by atoms with E-state index in [1.807, 2.05) is 19.1 Å². The van der Waals surface area contributed by atoms with Gasteiger partial charge in [-0.25, -0.2) is 0 Å². The van der Waals surface area contributed by atoms with Crippen LogP contribution in [0.15, 0.2) is 18.2 Å². The third-order valence-electron chi connectivity index (χ3n) is 2.84. The molecule has 0 fully saturated rings. The second-order valence-corrected chi connectivity index (χ2v) is 4.27. The predicted molar refractivity (Wildman–Crippen MR) is 66.0 cm³/mol. The maximum absolute atomic E-state index is 12.7. The Morgan fingerprint density at radius 2 is 2.06 bits per heavy atom. The summed E-state index contributed by atoms with van der Waals surface area (Å²) in [6.45, 7) is 3.75. The van der Waals surface area contributed by atoms with Crippen molar-refractivity contribution in [1.82, 2.24) is 0 Å². The zero-order chi connectivity index (χ0) is 12.0. The number of halogens is 1. The quantitative estimate of drug-likeness (QED) is 0.706. The van der Waals surface area contributed by atoms with E-state index < -0.39 is 0 Å². The summed E-state index contributed by atoms with van der Waals surface area (Å²) in [7, 11) is 1.66. The number of unbranched alkanes of at least 4 members (excludes halogenated alkanes) is 1. The minimum atomic E-state index is -0.319. The molecule has 0 aliphatic heterocycles. The van der Waals surface area contributed by atoms with Crippen LogP contribution in [-0.2, 0) is 6.42 Å². The Kier molecular flexibility index (Phi) is 5.30. The standard InChI is InChI=1S/C14H21FO/c1-4-5-6-12-7-13(11(2)10-15)9-14(8-12)16-3/h7-9,11H,4-6,10H2,1-3H3. The first-order valence-electron chi connectivity index (χ1n) is 5.95. The van der Waals surface area contributed by atoms with Crippen molar-refractivity contribution in [3.8, 4) is 5.75 Å². The van der Waals surface area contributed by atoms with Crippen molar-refractivity contribution in [3.63, 3.8) is 0 Å². The molecule has 0 radical (unpaired) electrons. The van der Waals surface area contributed by atoms with E-state index in [1.54, 1.807) is 7.11 Å². The average molecular weight is 224 g/mol. The average Bonchev–Trinajstić information content (AvgIpc) is 2.34. The first-order chi connectivity index (χ1) is 7.71. The van der Waals surface area contributed by atoms with Crippen LogP contribution in [0, 0.1) is 0 Å². The molecule has 1 nitrogen and oxygen atoms in total. The second kappa shape index (κ2) is 6.51. The summed E-state index contributed by atoms with van der Waals surface area (Å²) in [6, 6.07) is 6.08. The number of rotatable bonds is 6. The van der Waals surface area contributed by atoms with Crippen LogP contribution in [0.2, 0.25) is 0 Å². The van der Waals surface area contributed by atoms with E-state index >= 15 is 0 Å². The van der Waals surface area contributed by atoms with Crippen molar-refractivity contribution < 1.29 is 9.13 Å². The normalized spacial score (nSPS) is 12.5. The molecule has 1 aromatic rings. The molecule has 1 unspecified atom stereocenters. The zero-order valence-corrected chi connectivity index (χ0v) is 10.4. The Hall–Kier alpha value is -1.05. The van der Waals surface area contributed by atoms with Gasteiger partial charge in [0.05, 0.1) is 13.8 Å². The third-order valence-corrected chi connectivity index (χ3v) is 2.84. The highest BCUT2D eigenvalue weighted by atomic mass is 19.1. The van der Waals surface area contributed by atoms with Crippen LogP contribution < -0.4 is 4.74 Å². The lowest BCUT2D eigenvalue weighted by Gasteiger charge is -2.12. The summed E-state index contributed by atoms with van der Waals surface area (Å²) in [4.78, 5) is 0. The summed E-state index contributed by atoms with van der Waals surface area (Å²) in [5, 5.41) is 0. The van der Waals surface area contributed by atoms with E-state index in [0.717, 1.165) is 24.2 Å². The maximum atomic E-state index is 12.7. The van der Waals surface area contributed by atoms with Crippen molar-refractivity contribution in [3.05, 3.63) is 29.3 Å². The molecule has 0 saturated carbocycles. The fourth-order valence-corrected chi connectivity index (χ4v) is 1.70. The van der Waals surface area contributed by atoms with Crippen molar-refractivity contribution in [2.24, 2.45) is 0 Å². The molecule has 0 N–H and O–H groups in total. The molecule has 0 aliphatic carbocycles. The fraction of sp³-hybridized carbons (Fsp3) is 0.571. The number of aryl methyl sites for hydroxylation is 1. The zero-order valence-electron chi connectivity index (χ0n) is 10.4. The molecular weight excluding hydrogens is 203 g/mol. The van der Waals surface area contributed by atoms with Gasteiger partial charge in [-0.15, -0.1) is 0 Å². The smallest absolute Gasteiger partial charge is 0.119 e. The van der Waals surface area contributed by atoms with Crippen molar-refractivity contribution in [1.29, 1.82) is 0 Å². The number of ether oxygens (including phenoxy) is 1. The van der Waals surface area contributed by atoms with Gasteiger partial charge in [0.25, 0.3) is 0 Å². The first kappa shape index (κ1) is 13.0. The molecule has 2 heteroatoms. The van der Waals surface area contributed by atoms with Gasteiger partial charge in [-0.3, -0.25) is 4.39 Å². The Balaban J connectivity index is 2.91. The molecule has 1 rings (SSSR count). The number of hydrogen-bond donors (Lipinski definition) is 0. The molecule has 16 heavy (non-hydrogen) atoms. The Morgan fingerprint density at radius 1 is 1.31 bits per heavy atom. The molecule has 0 spiro atoms. The van der Waals surface area contributed by atoms with E-state index in [9.17, 15) is 4.39 Å². The summed E-state index contributed by atoms with van der Waals surface area (Å²) in [6.07, 6.45) is 3.38. The predicted octanol–water partition coefficient (Wildman–Crippen LogP) is 4.11. The van der Waals surface area contributed by atoms with Gasteiger partial charge in [-0.1, -0.05) is 26.3 Å². The van der Waals surface area contributed by atoms with Crippen LogP contribution in [0.25, 0.3) is 0 Å². The van der Waals surface area contributed by atoms with Crippen molar-refractivity contribution in [2.45, 2.75) is 39.0 Å². The van der Waals surface area contributed by atoms with Crippen LogP contribution in [0.3, 0.4) is 0 Å². The van der Waals surface area contributed by atoms with E-state index in [2.05, 4.69) is 13.0 Å². The number of methoxy groups -OCH3 is 1. The van der Waals surface area contributed by atoms with Gasteiger partial charge in [0.1, 0.15) is 5.75 Å². The van der Waals surface area contributed by atoms with Gasteiger partial charge in [0.15, 0.2) is 0 Å². The molecular formula is C14H21FO. The Bertz CT molecular complexity index is 323. The molecule has 1 atom stereocenters. The van der Waals surface area contributed by atoms with Gasteiger partial charge >= 0.3 is 0 Å². The minimum absolute atomic E-state index is 0.0459. The lowest BCUT2D eigenvalue weighted by molar-refractivity contribution is 0.410. The van der Waals surface area contributed by atoms with Crippen LogP contribution in [0.4, 0.5) is 4.39 Å². The minimum Gasteiger partial charge on any atom is -0.497 e. The van der Waals surface area contributed by atoms with Gasteiger partial charge < -0.3 is 4.74 Å². The Labute approximate surface area is 97.6 Å². The van der Waals surface area contributed by atoms with Gasteiger partial charge in [0.2, 0.25) is 0 Å². The second-order valence-electron chi connectivity index (χ2n) is 4.27. The highest BCUT2D eigenvalue weighted by Gasteiger charge is 2.08. The topological polar surface area (TPSA) is 9.23 Å². The van der Waals surface area contributed by atoms with Gasteiger partial charge in [-0.05, 0) is 36.1 Å². The fourth-order valence-electron chi connectivity index (χ4n) is 1.70. The highest BCUT2D eigenvalue weighted by molar-refractivity contribution is 5.36. The molecule has 0 saturated heterocycles.